The van der Waals surface area contributed by atoms with E-state index in [0.717, 1.165) is 5.56 Å². The van der Waals surface area contributed by atoms with Crippen LogP contribution in [0.4, 0.5) is 4.39 Å². The van der Waals surface area contributed by atoms with Crippen molar-refractivity contribution in [2.45, 2.75) is 19.3 Å². The van der Waals surface area contributed by atoms with Gasteiger partial charge < -0.3 is 5.11 Å². The molecule has 0 atom stereocenters. The molecule has 1 N–H and O–H groups in total. The summed E-state index contributed by atoms with van der Waals surface area (Å²) < 4.78 is 13.4. The van der Waals surface area contributed by atoms with Gasteiger partial charge in [-0.3, -0.25) is 4.79 Å². The maximum absolute atomic E-state index is 12.7. The number of hydrogen-bond acceptors (Lipinski definition) is 2. The summed E-state index contributed by atoms with van der Waals surface area (Å²) in [5.41, 5.74) is 0.777. The summed E-state index contributed by atoms with van der Waals surface area (Å²) in [5.74, 6) is -0.273. The smallest absolute Gasteiger partial charge is 0.137 e. The molecule has 0 aliphatic heterocycles. The van der Waals surface area contributed by atoms with Gasteiger partial charge in [0.1, 0.15) is 11.6 Å². The van der Waals surface area contributed by atoms with Gasteiger partial charge in [-0.1, -0.05) is 22.0 Å². The third kappa shape index (κ3) is 4.10. The lowest BCUT2D eigenvalue weighted by Crippen LogP contribution is -2.04. The van der Waals surface area contributed by atoms with Gasteiger partial charge in [-0.2, -0.15) is 0 Å². The Labute approximate surface area is 96.2 Å². The van der Waals surface area contributed by atoms with E-state index in [1.165, 1.54) is 12.1 Å². The molecule has 1 rings (SSSR count). The van der Waals surface area contributed by atoms with Crippen molar-refractivity contribution in [2.75, 3.05) is 6.61 Å². The second-order valence-corrected chi connectivity index (χ2v) is 4.13. The number of carbonyl (C=O) groups is 1. The number of carbonyl (C=O) groups excluding carboxylic acids is 1. The summed E-state index contributed by atoms with van der Waals surface area (Å²) in [4.78, 5) is 11.4. The number of hydrogen-bond donors (Lipinski definition) is 1. The average molecular weight is 275 g/mol. The first-order valence-corrected chi connectivity index (χ1v) is 5.49. The number of ketones is 1. The van der Waals surface area contributed by atoms with Crippen LogP contribution < -0.4 is 0 Å². The minimum absolute atomic E-state index is 0.0241. The van der Waals surface area contributed by atoms with E-state index in [4.69, 9.17) is 5.11 Å². The quantitative estimate of drug-likeness (QED) is 0.896. The molecule has 0 fully saturated rings. The molecule has 1 aromatic rings. The third-order valence-corrected chi connectivity index (χ3v) is 2.75. The van der Waals surface area contributed by atoms with Crippen molar-refractivity contribution in [3.05, 3.63) is 34.1 Å². The maximum Gasteiger partial charge on any atom is 0.137 e. The number of aliphatic hydroxyl groups is 1. The maximum atomic E-state index is 12.7. The fourth-order valence-corrected chi connectivity index (χ4v) is 1.73. The molecule has 0 saturated carbocycles. The van der Waals surface area contributed by atoms with E-state index in [2.05, 4.69) is 15.9 Å². The predicted molar refractivity (Wildman–Crippen MR) is 59.1 cm³/mol. The Morgan fingerprint density at radius 3 is 2.80 bits per heavy atom. The van der Waals surface area contributed by atoms with Crippen LogP contribution in [-0.4, -0.2) is 17.5 Å². The van der Waals surface area contributed by atoms with E-state index in [0.29, 0.717) is 17.3 Å². The van der Waals surface area contributed by atoms with Gasteiger partial charge >= 0.3 is 0 Å². The second kappa shape index (κ2) is 5.98. The minimum Gasteiger partial charge on any atom is -0.396 e. The average Bonchev–Trinajstić information content (AvgIpc) is 2.19. The second-order valence-electron chi connectivity index (χ2n) is 3.28. The van der Waals surface area contributed by atoms with Crippen molar-refractivity contribution in [3.8, 4) is 0 Å². The molecule has 2 nitrogen and oxygen atoms in total. The molecule has 82 valence electrons. The van der Waals surface area contributed by atoms with Crippen LogP contribution in [0.2, 0.25) is 0 Å². The Hall–Kier alpha value is -0.740. The van der Waals surface area contributed by atoms with Gasteiger partial charge in [0.25, 0.3) is 0 Å². The van der Waals surface area contributed by atoms with E-state index in [-0.39, 0.29) is 24.6 Å². The van der Waals surface area contributed by atoms with Crippen LogP contribution in [0, 0.1) is 5.82 Å². The Morgan fingerprint density at radius 2 is 2.20 bits per heavy atom. The SMILES string of the molecule is O=C(CCCO)Cc1ccc(F)cc1Br. The van der Waals surface area contributed by atoms with E-state index >= 15 is 0 Å². The van der Waals surface area contributed by atoms with Crippen molar-refractivity contribution in [3.63, 3.8) is 0 Å². The van der Waals surface area contributed by atoms with Crippen LogP contribution in [0.1, 0.15) is 18.4 Å². The molecule has 4 heteroatoms. The van der Waals surface area contributed by atoms with E-state index in [1.807, 2.05) is 0 Å². The summed E-state index contributed by atoms with van der Waals surface area (Å²) in [6, 6.07) is 4.27. The van der Waals surface area contributed by atoms with Crippen LogP contribution in [0.15, 0.2) is 22.7 Å². The van der Waals surface area contributed by atoms with Gasteiger partial charge in [0.15, 0.2) is 0 Å². The molecule has 0 spiro atoms. The summed E-state index contributed by atoms with van der Waals surface area (Å²) in [6.07, 6.45) is 1.12. The first-order chi connectivity index (χ1) is 7.13. The number of benzene rings is 1. The topological polar surface area (TPSA) is 37.3 Å². The zero-order valence-electron chi connectivity index (χ0n) is 8.17. The van der Waals surface area contributed by atoms with Gasteiger partial charge in [0.2, 0.25) is 0 Å². The highest BCUT2D eigenvalue weighted by atomic mass is 79.9. The molecular weight excluding hydrogens is 263 g/mol. The first kappa shape index (κ1) is 12.3. The fourth-order valence-electron chi connectivity index (χ4n) is 1.24. The molecule has 0 aromatic heterocycles. The Kier molecular flexibility index (Phi) is 4.91. The molecule has 0 bridgehead atoms. The van der Waals surface area contributed by atoms with Crippen molar-refractivity contribution in [1.82, 2.24) is 0 Å². The van der Waals surface area contributed by atoms with Gasteiger partial charge in [0, 0.05) is 23.9 Å². The van der Waals surface area contributed by atoms with Crippen molar-refractivity contribution < 1.29 is 14.3 Å². The molecule has 1 aromatic carbocycles. The van der Waals surface area contributed by atoms with E-state index in [9.17, 15) is 9.18 Å². The van der Waals surface area contributed by atoms with Crippen LogP contribution in [-0.2, 0) is 11.2 Å². The molecule has 0 heterocycles. The zero-order valence-corrected chi connectivity index (χ0v) is 9.76. The number of Topliss-reactive ketones (excluding diaryl/α,β-unsaturated/α-hetero) is 1. The monoisotopic (exact) mass is 274 g/mol. The normalized spacial score (nSPS) is 10.3. The van der Waals surface area contributed by atoms with E-state index < -0.39 is 0 Å². The Balaban J connectivity index is 2.60. The summed E-state index contributed by atoms with van der Waals surface area (Å²) >= 11 is 3.20. The molecule has 0 aliphatic rings. The van der Waals surface area contributed by atoms with Crippen molar-refractivity contribution >= 4 is 21.7 Å². The Bertz CT molecular complexity index is 352. The predicted octanol–water partition coefficient (Wildman–Crippen LogP) is 2.47. The van der Waals surface area contributed by atoms with Crippen LogP contribution in [0.5, 0.6) is 0 Å². The third-order valence-electron chi connectivity index (χ3n) is 2.02. The standard InChI is InChI=1S/C11H12BrFO2/c12-11-7-9(13)4-3-8(11)6-10(15)2-1-5-14/h3-4,7,14H,1-2,5-6H2. The van der Waals surface area contributed by atoms with Gasteiger partial charge in [-0.25, -0.2) is 4.39 Å². The largest absolute Gasteiger partial charge is 0.396 e. The molecule has 0 amide bonds. The highest BCUT2D eigenvalue weighted by Crippen LogP contribution is 2.19. The molecule has 0 saturated heterocycles. The minimum atomic E-state index is -0.326. The molecule has 0 unspecified atom stereocenters. The zero-order chi connectivity index (χ0) is 11.3. The Morgan fingerprint density at radius 1 is 1.47 bits per heavy atom. The highest BCUT2D eigenvalue weighted by molar-refractivity contribution is 9.10. The highest BCUT2D eigenvalue weighted by Gasteiger charge is 2.07. The summed E-state index contributed by atoms with van der Waals surface area (Å²) in [7, 11) is 0. The van der Waals surface area contributed by atoms with Crippen LogP contribution in [0.3, 0.4) is 0 Å². The molecule has 0 radical (unpaired) electrons. The molecule has 0 aliphatic carbocycles. The lowest BCUT2D eigenvalue weighted by molar-refractivity contribution is -0.118. The summed E-state index contributed by atoms with van der Waals surface area (Å²) in [6.45, 7) is 0.0241. The van der Waals surface area contributed by atoms with Crippen LogP contribution >= 0.6 is 15.9 Å². The first-order valence-electron chi connectivity index (χ1n) is 4.70. The van der Waals surface area contributed by atoms with Crippen molar-refractivity contribution in [2.24, 2.45) is 0 Å². The number of rotatable bonds is 5. The number of aliphatic hydroxyl groups excluding tert-OH is 1. The van der Waals surface area contributed by atoms with Gasteiger partial charge in [0.05, 0.1) is 0 Å². The fraction of sp³-hybridized carbons (Fsp3) is 0.364. The van der Waals surface area contributed by atoms with Gasteiger partial charge in [-0.05, 0) is 24.1 Å². The van der Waals surface area contributed by atoms with Crippen molar-refractivity contribution in [1.29, 1.82) is 0 Å². The van der Waals surface area contributed by atoms with Crippen LogP contribution in [0.25, 0.3) is 0 Å². The van der Waals surface area contributed by atoms with Gasteiger partial charge in [-0.15, -0.1) is 0 Å². The van der Waals surface area contributed by atoms with E-state index in [1.54, 1.807) is 6.07 Å². The number of halogens is 2. The lowest BCUT2D eigenvalue weighted by Gasteiger charge is -2.03. The molecule has 15 heavy (non-hydrogen) atoms. The molecular formula is C11H12BrFO2. The lowest BCUT2D eigenvalue weighted by atomic mass is 10.1. The summed E-state index contributed by atoms with van der Waals surface area (Å²) in [5, 5.41) is 8.56.